The van der Waals surface area contributed by atoms with Gasteiger partial charge >= 0.3 is 0 Å². The van der Waals surface area contributed by atoms with Gasteiger partial charge in [-0.25, -0.2) is 0 Å². The molecule has 0 radical (unpaired) electrons. The monoisotopic (exact) mass is 355 g/mol. The number of para-hydroxylation sites is 1. The van der Waals surface area contributed by atoms with E-state index >= 15 is 0 Å². The van der Waals surface area contributed by atoms with Crippen molar-refractivity contribution >= 4 is 34.4 Å². The molecule has 1 aliphatic heterocycles. The molecule has 1 aliphatic carbocycles. The van der Waals surface area contributed by atoms with Crippen molar-refractivity contribution in [2.24, 2.45) is 11.7 Å². The molecule has 7 heteroatoms. The summed E-state index contributed by atoms with van der Waals surface area (Å²) >= 11 is 0. The summed E-state index contributed by atoms with van der Waals surface area (Å²) in [5.74, 6) is -1.50. The lowest BCUT2D eigenvalue weighted by molar-refractivity contribution is -0.129. The van der Waals surface area contributed by atoms with E-state index in [0.29, 0.717) is 17.5 Å². The second kappa shape index (κ2) is 6.48. The van der Waals surface area contributed by atoms with E-state index in [1.54, 1.807) is 24.3 Å². The largest absolute Gasteiger partial charge is 0.449 e. The molecule has 136 valence electrons. The van der Waals surface area contributed by atoms with Crippen LogP contribution in [0.4, 0.5) is 5.69 Å². The van der Waals surface area contributed by atoms with E-state index in [0.717, 1.165) is 25.7 Å². The van der Waals surface area contributed by atoms with E-state index in [1.807, 2.05) is 4.90 Å². The molecule has 2 aromatic rings. The van der Waals surface area contributed by atoms with Crippen molar-refractivity contribution in [1.82, 2.24) is 4.90 Å². The average molecular weight is 355 g/mol. The van der Waals surface area contributed by atoms with Gasteiger partial charge in [-0.15, -0.1) is 0 Å². The highest BCUT2D eigenvalue weighted by Crippen LogP contribution is 2.33. The minimum Gasteiger partial charge on any atom is -0.449 e. The number of anilines is 1. The quantitative estimate of drug-likeness (QED) is 0.877. The molecule has 26 heavy (non-hydrogen) atoms. The second-order valence-electron chi connectivity index (χ2n) is 7.04. The summed E-state index contributed by atoms with van der Waals surface area (Å²) in [5, 5.41) is 3.39. The predicted molar refractivity (Wildman–Crippen MR) is 95.4 cm³/mol. The molecule has 1 atom stereocenters. The lowest BCUT2D eigenvalue weighted by atomic mass is 10.1. The molecule has 3 amide bonds. The van der Waals surface area contributed by atoms with Crippen molar-refractivity contribution in [1.29, 1.82) is 0 Å². The Morgan fingerprint density at radius 1 is 1.19 bits per heavy atom. The summed E-state index contributed by atoms with van der Waals surface area (Å²) < 4.78 is 5.48. The van der Waals surface area contributed by atoms with Gasteiger partial charge in [0.2, 0.25) is 17.6 Å². The van der Waals surface area contributed by atoms with Crippen LogP contribution in [0.2, 0.25) is 0 Å². The normalized spacial score (nSPS) is 20.8. The van der Waals surface area contributed by atoms with Crippen LogP contribution in [0, 0.1) is 5.92 Å². The van der Waals surface area contributed by atoms with Crippen LogP contribution < -0.4 is 11.1 Å². The number of furan rings is 1. The van der Waals surface area contributed by atoms with E-state index in [1.165, 1.54) is 0 Å². The Bertz CT molecular complexity index is 882. The number of carbonyl (C=O) groups excluding carboxylic acids is 3. The van der Waals surface area contributed by atoms with Crippen LogP contribution in [0.1, 0.15) is 42.7 Å². The van der Waals surface area contributed by atoms with Crippen LogP contribution in [0.15, 0.2) is 28.7 Å². The number of carbonyl (C=O) groups is 3. The fourth-order valence-corrected chi connectivity index (χ4v) is 4.04. The molecule has 4 rings (SSSR count). The van der Waals surface area contributed by atoms with E-state index in [4.69, 9.17) is 10.2 Å². The smallest absolute Gasteiger partial charge is 0.286 e. The van der Waals surface area contributed by atoms with Gasteiger partial charge < -0.3 is 20.4 Å². The number of nitrogens with two attached hydrogens (primary N) is 1. The van der Waals surface area contributed by atoms with Gasteiger partial charge in [0.1, 0.15) is 11.3 Å². The van der Waals surface area contributed by atoms with Gasteiger partial charge in [0, 0.05) is 24.4 Å². The minimum atomic E-state index is -0.744. The number of amides is 3. The van der Waals surface area contributed by atoms with Crippen LogP contribution in [0.3, 0.4) is 0 Å². The molecule has 3 N–H and O–H groups in total. The van der Waals surface area contributed by atoms with E-state index in [2.05, 4.69) is 5.32 Å². The fraction of sp³-hybridized carbons (Fsp3) is 0.421. The van der Waals surface area contributed by atoms with Crippen molar-refractivity contribution in [3.8, 4) is 0 Å². The number of hydrogen-bond acceptors (Lipinski definition) is 4. The minimum absolute atomic E-state index is 0.0317. The molecule has 1 saturated carbocycles. The van der Waals surface area contributed by atoms with Crippen LogP contribution >= 0.6 is 0 Å². The Morgan fingerprint density at radius 3 is 2.65 bits per heavy atom. The van der Waals surface area contributed by atoms with Crippen molar-refractivity contribution in [2.45, 2.75) is 38.1 Å². The Hall–Kier alpha value is -2.83. The summed E-state index contributed by atoms with van der Waals surface area (Å²) in [6.45, 7) is 0.428. The van der Waals surface area contributed by atoms with E-state index in [-0.39, 0.29) is 35.7 Å². The first-order valence-electron chi connectivity index (χ1n) is 8.96. The summed E-state index contributed by atoms with van der Waals surface area (Å²) in [7, 11) is 0. The van der Waals surface area contributed by atoms with Crippen molar-refractivity contribution in [3.63, 3.8) is 0 Å². The molecule has 1 aromatic carbocycles. The molecular weight excluding hydrogens is 334 g/mol. The van der Waals surface area contributed by atoms with Gasteiger partial charge in [-0.2, -0.15) is 0 Å². The van der Waals surface area contributed by atoms with Gasteiger partial charge in [0.05, 0.1) is 5.92 Å². The lowest BCUT2D eigenvalue weighted by Gasteiger charge is -2.23. The van der Waals surface area contributed by atoms with Crippen LogP contribution in [0.5, 0.6) is 0 Å². The number of likely N-dealkylation sites (tertiary alicyclic amines) is 1. The number of rotatable bonds is 4. The molecule has 1 unspecified atom stereocenters. The first kappa shape index (κ1) is 16.6. The molecule has 0 spiro atoms. The Morgan fingerprint density at radius 2 is 1.92 bits per heavy atom. The van der Waals surface area contributed by atoms with Crippen molar-refractivity contribution in [3.05, 3.63) is 30.0 Å². The van der Waals surface area contributed by atoms with Gasteiger partial charge in [0.25, 0.3) is 5.91 Å². The summed E-state index contributed by atoms with van der Waals surface area (Å²) in [6.07, 6.45) is 4.49. The number of hydrogen-bond donors (Lipinski definition) is 2. The first-order valence-corrected chi connectivity index (χ1v) is 8.96. The molecular formula is C19H21N3O4. The third kappa shape index (κ3) is 2.83. The third-order valence-electron chi connectivity index (χ3n) is 5.36. The topological polar surface area (TPSA) is 106 Å². The zero-order chi connectivity index (χ0) is 18.3. The first-order chi connectivity index (χ1) is 12.5. The highest BCUT2D eigenvalue weighted by molar-refractivity contribution is 6.11. The number of primary amides is 1. The van der Waals surface area contributed by atoms with E-state index in [9.17, 15) is 14.4 Å². The van der Waals surface area contributed by atoms with E-state index < -0.39 is 11.8 Å². The third-order valence-corrected chi connectivity index (χ3v) is 5.36. The highest BCUT2D eigenvalue weighted by Gasteiger charge is 2.39. The van der Waals surface area contributed by atoms with Crippen molar-refractivity contribution in [2.75, 3.05) is 11.9 Å². The number of nitrogens with zero attached hydrogens (tertiary/aromatic N) is 1. The van der Waals surface area contributed by atoms with Gasteiger partial charge in [-0.05, 0) is 25.0 Å². The lowest BCUT2D eigenvalue weighted by Crippen LogP contribution is -2.35. The van der Waals surface area contributed by atoms with Crippen LogP contribution in [-0.4, -0.2) is 35.2 Å². The molecule has 1 aromatic heterocycles. The van der Waals surface area contributed by atoms with Gasteiger partial charge in [0.15, 0.2) is 0 Å². The zero-order valence-corrected chi connectivity index (χ0v) is 14.4. The Labute approximate surface area is 150 Å². The predicted octanol–water partition coefficient (Wildman–Crippen LogP) is 2.26. The molecule has 7 nitrogen and oxygen atoms in total. The molecule has 2 heterocycles. The molecule has 2 fully saturated rings. The number of nitrogens with one attached hydrogen (secondary N) is 1. The maximum Gasteiger partial charge on any atom is 0.286 e. The highest BCUT2D eigenvalue weighted by atomic mass is 16.3. The van der Waals surface area contributed by atoms with Crippen LogP contribution in [0.25, 0.3) is 11.0 Å². The van der Waals surface area contributed by atoms with Gasteiger partial charge in [-0.1, -0.05) is 25.0 Å². The number of fused-ring (bicyclic) bond motifs is 1. The zero-order valence-electron chi connectivity index (χ0n) is 14.4. The second-order valence-corrected chi connectivity index (χ2v) is 7.04. The molecule has 2 aliphatic rings. The van der Waals surface area contributed by atoms with Gasteiger partial charge in [-0.3, -0.25) is 14.4 Å². The van der Waals surface area contributed by atoms with Crippen LogP contribution in [-0.2, 0) is 9.59 Å². The number of benzene rings is 1. The standard InChI is InChI=1S/C19H21N3O4/c20-18(24)17-16(13-7-3-4-8-14(13)26-17)21-19(25)11-9-15(23)22(10-11)12-5-1-2-6-12/h3-4,7-8,11-12H,1-2,5-6,9-10H2,(H2,20,24)(H,21,25). The van der Waals surface area contributed by atoms with Crippen molar-refractivity contribution < 1.29 is 18.8 Å². The summed E-state index contributed by atoms with van der Waals surface area (Å²) in [5.41, 5.74) is 6.15. The Kier molecular flexibility index (Phi) is 4.14. The maximum atomic E-state index is 12.8. The maximum absolute atomic E-state index is 12.8. The Balaban J connectivity index is 1.55. The molecule has 0 bridgehead atoms. The molecule has 1 saturated heterocycles. The summed E-state index contributed by atoms with van der Waals surface area (Å²) in [4.78, 5) is 38.6. The average Bonchev–Trinajstić information content (AvgIpc) is 3.33. The SMILES string of the molecule is NC(=O)c1oc2ccccc2c1NC(=O)C1CC(=O)N(C2CCCC2)C1. The summed E-state index contributed by atoms with van der Waals surface area (Å²) in [6, 6.07) is 7.29. The fourth-order valence-electron chi connectivity index (χ4n) is 4.04.